The van der Waals surface area contributed by atoms with E-state index in [4.69, 9.17) is 0 Å². The number of carbonyl (C=O) groups is 1. The SMILES string of the molecule is Cc1cc(F)c(NC=O)cc1-c1ccccn1.FC1(F)CC1. The van der Waals surface area contributed by atoms with Crippen LogP contribution in [0.4, 0.5) is 18.9 Å². The van der Waals surface area contributed by atoms with Crippen LogP contribution in [0, 0.1) is 12.7 Å². The first-order chi connectivity index (χ1) is 10.4. The Morgan fingerprint density at radius 1 is 1.27 bits per heavy atom. The Kier molecular flexibility index (Phi) is 4.80. The summed E-state index contributed by atoms with van der Waals surface area (Å²) in [6.45, 7) is 1.80. The quantitative estimate of drug-likeness (QED) is 0.864. The molecule has 3 rings (SSSR count). The molecular formula is C16H15F3N2O. The van der Waals surface area contributed by atoms with Crippen molar-refractivity contribution in [2.75, 3.05) is 5.32 Å². The van der Waals surface area contributed by atoms with E-state index in [1.165, 1.54) is 6.07 Å². The van der Waals surface area contributed by atoms with E-state index in [-0.39, 0.29) is 18.5 Å². The van der Waals surface area contributed by atoms with Crippen molar-refractivity contribution in [3.8, 4) is 11.3 Å². The van der Waals surface area contributed by atoms with E-state index >= 15 is 0 Å². The largest absolute Gasteiger partial charge is 0.326 e. The fourth-order valence-electron chi connectivity index (χ4n) is 1.74. The first kappa shape index (κ1) is 16.0. The lowest BCUT2D eigenvalue weighted by atomic mass is 10.0. The highest BCUT2D eigenvalue weighted by Gasteiger charge is 2.43. The fraction of sp³-hybridized carbons (Fsp3) is 0.250. The predicted octanol–water partition coefficient (Wildman–Crippen LogP) is 4.18. The lowest BCUT2D eigenvalue weighted by Gasteiger charge is -2.09. The zero-order valence-corrected chi connectivity index (χ0v) is 11.9. The summed E-state index contributed by atoms with van der Waals surface area (Å²) in [6.07, 6.45) is 2.36. The summed E-state index contributed by atoms with van der Waals surface area (Å²) in [5.41, 5.74) is 2.49. The predicted molar refractivity (Wildman–Crippen MR) is 78.2 cm³/mol. The van der Waals surface area contributed by atoms with Crippen LogP contribution in [0.5, 0.6) is 0 Å². The van der Waals surface area contributed by atoms with Crippen LogP contribution in [-0.4, -0.2) is 17.3 Å². The number of carbonyl (C=O) groups excluding carboxylic acids is 1. The van der Waals surface area contributed by atoms with E-state index < -0.39 is 11.7 Å². The zero-order chi connectivity index (χ0) is 16.2. The summed E-state index contributed by atoms with van der Waals surface area (Å²) in [5, 5.41) is 2.33. The Bertz CT molecular complexity index is 654. The third-order valence-corrected chi connectivity index (χ3v) is 3.10. The van der Waals surface area contributed by atoms with Gasteiger partial charge in [-0.1, -0.05) is 6.07 Å². The van der Waals surface area contributed by atoms with Gasteiger partial charge in [-0.3, -0.25) is 9.78 Å². The molecule has 6 heteroatoms. The number of nitrogens with one attached hydrogen (secondary N) is 1. The van der Waals surface area contributed by atoms with Crippen LogP contribution in [0.1, 0.15) is 18.4 Å². The maximum Gasteiger partial charge on any atom is 0.248 e. The van der Waals surface area contributed by atoms with Crippen LogP contribution >= 0.6 is 0 Å². The number of aromatic nitrogens is 1. The second-order valence-corrected chi connectivity index (χ2v) is 4.98. The zero-order valence-electron chi connectivity index (χ0n) is 11.9. The number of alkyl halides is 2. The van der Waals surface area contributed by atoms with Gasteiger partial charge in [-0.25, -0.2) is 13.2 Å². The molecule has 22 heavy (non-hydrogen) atoms. The van der Waals surface area contributed by atoms with Crippen molar-refractivity contribution >= 4 is 12.1 Å². The molecule has 0 unspecified atom stereocenters. The number of amides is 1. The van der Waals surface area contributed by atoms with E-state index in [9.17, 15) is 18.0 Å². The second-order valence-electron chi connectivity index (χ2n) is 4.98. The van der Waals surface area contributed by atoms with Gasteiger partial charge in [0.25, 0.3) is 0 Å². The number of rotatable bonds is 3. The van der Waals surface area contributed by atoms with Crippen LogP contribution in [-0.2, 0) is 4.79 Å². The molecule has 2 aromatic rings. The first-order valence-electron chi connectivity index (χ1n) is 6.72. The van der Waals surface area contributed by atoms with E-state index in [1.54, 1.807) is 19.2 Å². The fourth-order valence-corrected chi connectivity index (χ4v) is 1.74. The van der Waals surface area contributed by atoms with Crippen LogP contribution in [0.15, 0.2) is 36.5 Å². The van der Waals surface area contributed by atoms with E-state index in [1.807, 2.05) is 18.2 Å². The summed E-state index contributed by atoms with van der Waals surface area (Å²) < 4.78 is 35.8. The first-order valence-corrected chi connectivity index (χ1v) is 6.72. The Morgan fingerprint density at radius 2 is 1.95 bits per heavy atom. The third-order valence-electron chi connectivity index (χ3n) is 3.10. The Morgan fingerprint density at radius 3 is 2.45 bits per heavy atom. The van der Waals surface area contributed by atoms with Gasteiger partial charge in [0.2, 0.25) is 12.3 Å². The second kappa shape index (κ2) is 6.60. The number of nitrogens with zero attached hydrogens (tertiary/aromatic N) is 1. The molecule has 3 nitrogen and oxygen atoms in total. The number of halogens is 3. The molecule has 0 atom stereocenters. The summed E-state index contributed by atoms with van der Waals surface area (Å²) in [7, 11) is 0. The molecule has 1 N–H and O–H groups in total. The van der Waals surface area contributed by atoms with Crippen LogP contribution in [0.3, 0.4) is 0 Å². The topological polar surface area (TPSA) is 42.0 Å². The van der Waals surface area contributed by atoms with Gasteiger partial charge >= 0.3 is 0 Å². The molecule has 1 aliphatic carbocycles. The minimum Gasteiger partial charge on any atom is -0.326 e. The van der Waals surface area contributed by atoms with Crippen molar-refractivity contribution in [1.29, 1.82) is 0 Å². The van der Waals surface area contributed by atoms with Crippen molar-refractivity contribution in [2.24, 2.45) is 0 Å². The molecule has 1 aromatic heterocycles. The highest BCUT2D eigenvalue weighted by molar-refractivity contribution is 5.76. The molecule has 116 valence electrons. The van der Waals surface area contributed by atoms with Gasteiger partial charge in [-0.05, 0) is 36.8 Å². The monoisotopic (exact) mass is 308 g/mol. The van der Waals surface area contributed by atoms with E-state index in [0.29, 0.717) is 6.41 Å². The van der Waals surface area contributed by atoms with Crippen molar-refractivity contribution < 1.29 is 18.0 Å². The van der Waals surface area contributed by atoms with Crippen molar-refractivity contribution in [1.82, 2.24) is 4.98 Å². The lowest BCUT2D eigenvalue weighted by molar-refractivity contribution is -0.105. The highest BCUT2D eigenvalue weighted by Crippen LogP contribution is 2.40. The maximum atomic E-state index is 13.5. The smallest absolute Gasteiger partial charge is 0.248 e. The van der Waals surface area contributed by atoms with Gasteiger partial charge in [0, 0.05) is 24.6 Å². The normalized spacial score (nSPS) is 14.5. The van der Waals surface area contributed by atoms with Gasteiger partial charge in [-0.15, -0.1) is 0 Å². The molecule has 1 amide bonds. The number of benzene rings is 1. The number of hydrogen-bond donors (Lipinski definition) is 1. The molecule has 1 aromatic carbocycles. The number of pyridine rings is 1. The Hall–Kier alpha value is -2.37. The summed E-state index contributed by atoms with van der Waals surface area (Å²) in [5.74, 6) is -2.70. The van der Waals surface area contributed by atoms with Crippen LogP contribution in [0.25, 0.3) is 11.3 Å². The molecule has 1 saturated carbocycles. The van der Waals surface area contributed by atoms with Crippen molar-refractivity contribution in [3.63, 3.8) is 0 Å². The van der Waals surface area contributed by atoms with Gasteiger partial charge in [0.15, 0.2) is 0 Å². The van der Waals surface area contributed by atoms with E-state index in [2.05, 4.69) is 10.3 Å². The Balaban J connectivity index is 0.000000299. The average molecular weight is 308 g/mol. The minimum absolute atomic E-state index is 0.118. The molecule has 1 fully saturated rings. The molecule has 0 radical (unpaired) electrons. The number of anilines is 1. The van der Waals surface area contributed by atoms with Crippen molar-refractivity contribution in [3.05, 3.63) is 47.9 Å². The standard InChI is InChI=1S/C13H11FN2O.C3H4F2/c1-9-6-11(14)13(16-8-17)7-10(9)12-4-2-3-5-15-12;4-3(5)1-2-3/h2-8H,1H3,(H,16,17);1-2H2. The minimum atomic E-state index is -2.25. The third kappa shape index (κ3) is 4.31. The van der Waals surface area contributed by atoms with Crippen LogP contribution < -0.4 is 5.32 Å². The Labute approximate surface area is 126 Å². The van der Waals surface area contributed by atoms with Crippen molar-refractivity contribution in [2.45, 2.75) is 25.7 Å². The van der Waals surface area contributed by atoms with Gasteiger partial charge in [-0.2, -0.15) is 0 Å². The molecular weight excluding hydrogens is 293 g/mol. The van der Waals surface area contributed by atoms with Crippen LogP contribution in [0.2, 0.25) is 0 Å². The summed E-state index contributed by atoms with van der Waals surface area (Å²) in [4.78, 5) is 14.6. The lowest BCUT2D eigenvalue weighted by Crippen LogP contribution is -1.99. The van der Waals surface area contributed by atoms with Gasteiger partial charge in [0.05, 0.1) is 11.4 Å². The summed E-state index contributed by atoms with van der Waals surface area (Å²) in [6, 6.07) is 8.48. The average Bonchev–Trinajstić information content (AvgIpc) is 3.19. The molecule has 1 heterocycles. The molecule has 0 spiro atoms. The van der Waals surface area contributed by atoms with Gasteiger partial charge < -0.3 is 5.32 Å². The maximum absolute atomic E-state index is 13.5. The number of hydrogen-bond acceptors (Lipinski definition) is 2. The molecule has 0 bridgehead atoms. The summed E-state index contributed by atoms with van der Waals surface area (Å²) >= 11 is 0. The molecule has 0 aliphatic heterocycles. The molecule has 1 aliphatic rings. The number of aryl methyl sites for hydroxylation is 1. The van der Waals surface area contributed by atoms with E-state index in [0.717, 1.165) is 16.8 Å². The molecule has 0 saturated heterocycles. The van der Waals surface area contributed by atoms with Gasteiger partial charge in [0.1, 0.15) is 5.82 Å². The highest BCUT2D eigenvalue weighted by atomic mass is 19.3.